The molecule has 1 aromatic heterocycles. The maximum atomic E-state index is 11.9. The molecule has 0 amide bonds. The average molecular weight is 223 g/mol. The smallest absolute Gasteiger partial charge is 0.195 e. The van der Waals surface area contributed by atoms with E-state index in [4.69, 9.17) is 11.6 Å². The molecule has 1 aromatic carbocycles. The van der Waals surface area contributed by atoms with Gasteiger partial charge in [-0.05, 0) is 0 Å². The second-order valence-electron chi connectivity index (χ2n) is 2.83. The van der Waals surface area contributed by atoms with E-state index < -0.39 is 0 Å². The van der Waals surface area contributed by atoms with Gasteiger partial charge in [-0.3, -0.25) is 4.79 Å². The number of hydrogen-bond acceptors (Lipinski definition) is 2. The van der Waals surface area contributed by atoms with E-state index in [2.05, 4.69) is 0 Å². The number of benzene rings is 1. The molecule has 70 valence electrons. The molecule has 1 nitrogen and oxygen atoms in total. The summed E-state index contributed by atoms with van der Waals surface area (Å²) in [6.07, 6.45) is 0. The Balaban J connectivity index is 2.39. The number of carbonyl (C=O) groups excluding carboxylic acids is 1. The van der Waals surface area contributed by atoms with Crippen LogP contribution in [0.25, 0.3) is 0 Å². The van der Waals surface area contributed by atoms with Crippen LogP contribution in [0.5, 0.6) is 0 Å². The highest BCUT2D eigenvalue weighted by Gasteiger charge is 2.12. The van der Waals surface area contributed by atoms with Crippen molar-refractivity contribution in [2.75, 3.05) is 0 Å². The summed E-state index contributed by atoms with van der Waals surface area (Å²) >= 11 is 7.31. The van der Waals surface area contributed by atoms with Crippen LogP contribution in [0.2, 0.25) is 5.02 Å². The Morgan fingerprint density at radius 3 is 2.43 bits per heavy atom. The van der Waals surface area contributed by atoms with Gasteiger partial charge in [-0.15, -0.1) is 0 Å². The number of rotatable bonds is 2. The van der Waals surface area contributed by atoms with Crippen molar-refractivity contribution in [2.24, 2.45) is 0 Å². The fourth-order valence-corrected chi connectivity index (χ4v) is 2.23. The highest BCUT2D eigenvalue weighted by atomic mass is 35.5. The third-order valence-corrected chi connectivity index (χ3v) is 3.08. The molecule has 0 N–H and O–H groups in total. The normalized spacial score (nSPS) is 10.1. The number of halogens is 1. The number of ketones is 1. The summed E-state index contributed by atoms with van der Waals surface area (Å²) in [6.45, 7) is 0. The lowest BCUT2D eigenvalue weighted by Crippen LogP contribution is -1.99. The number of hydrogen-bond donors (Lipinski definition) is 0. The van der Waals surface area contributed by atoms with Crippen LogP contribution in [0.1, 0.15) is 15.9 Å². The van der Waals surface area contributed by atoms with E-state index in [1.54, 1.807) is 22.9 Å². The molecule has 0 saturated heterocycles. The quantitative estimate of drug-likeness (QED) is 0.710. The summed E-state index contributed by atoms with van der Waals surface area (Å²) < 4.78 is 0. The Morgan fingerprint density at radius 1 is 1.14 bits per heavy atom. The van der Waals surface area contributed by atoms with Crippen LogP contribution in [0.15, 0.2) is 41.1 Å². The topological polar surface area (TPSA) is 17.1 Å². The molecule has 2 aromatic rings. The molecular weight excluding hydrogens is 216 g/mol. The molecule has 0 bridgehead atoms. The first-order valence-corrected chi connectivity index (χ1v) is 5.42. The van der Waals surface area contributed by atoms with E-state index in [0.29, 0.717) is 16.1 Å². The predicted molar refractivity (Wildman–Crippen MR) is 59.2 cm³/mol. The zero-order valence-corrected chi connectivity index (χ0v) is 8.81. The van der Waals surface area contributed by atoms with Crippen LogP contribution in [0, 0.1) is 0 Å². The minimum Gasteiger partial charge on any atom is -0.289 e. The van der Waals surface area contributed by atoms with Crippen LogP contribution in [-0.2, 0) is 0 Å². The Kier molecular flexibility index (Phi) is 2.66. The van der Waals surface area contributed by atoms with E-state index in [0.717, 1.165) is 0 Å². The number of carbonyl (C=O) groups is 1. The van der Waals surface area contributed by atoms with Crippen molar-refractivity contribution < 1.29 is 4.79 Å². The van der Waals surface area contributed by atoms with Crippen molar-refractivity contribution in [1.29, 1.82) is 0 Å². The minimum absolute atomic E-state index is 0.0168. The van der Waals surface area contributed by atoms with Gasteiger partial charge in [-0.1, -0.05) is 41.9 Å². The van der Waals surface area contributed by atoms with Gasteiger partial charge in [0.2, 0.25) is 0 Å². The van der Waals surface area contributed by atoms with Gasteiger partial charge in [-0.2, -0.15) is 11.3 Å². The first-order chi connectivity index (χ1) is 6.79. The molecule has 0 fully saturated rings. The standard InChI is InChI=1S/C11H7ClOS/c12-10-7-14-6-9(10)11(13)8-4-2-1-3-5-8/h1-7H. The fraction of sp³-hybridized carbons (Fsp3) is 0. The summed E-state index contributed by atoms with van der Waals surface area (Å²) in [7, 11) is 0. The van der Waals surface area contributed by atoms with Crippen LogP contribution < -0.4 is 0 Å². The van der Waals surface area contributed by atoms with Gasteiger partial charge < -0.3 is 0 Å². The summed E-state index contributed by atoms with van der Waals surface area (Å²) in [5, 5.41) is 4.07. The van der Waals surface area contributed by atoms with Crippen molar-refractivity contribution in [3.8, 4) is 0 Å². The highest BCUT2D eigenvalue weighted by Crippen LogP contribution is 2.23. The van der Waals surface area contributed by atoms with Crippen LogP contribution in [0.4, 0.5) is 0 Å². The molecule has 0 spiro atoms. The Morgan fingerprint density at radius 2 is 1.86 bits per heavy atom. The Hall–Kier alpha value is -1.12. The second kappa shape index (κ2) is 3.95. The van der Waals surface area contributed by atoms with Gasteiger partial charge in [0.15, 0.2) is 5.78 Å². The summed E-state index contributed by atoms with van der Waals surface area (Å²) in [5.41, 5.74) is 1.26. The minimum atomic E-state index is -0.0168. The molecule has 0 aliphatic rings. The summed E-state index contributed by atoms with van der Waals surface area (Å²) in [4.78, 5) is 11.9. The molecule has 0 aliphatic carbocycles. The van der Waals surface area contributed by atoms with E-state index in [1.807, 2.05) is 18.2 Å². The summed E-state index contributed by atoms with van der Waals surface area (Å²) in [6, 6.07) is 9.14. The zero-order chi connectivity index (χ0) is 9.97. The average Bonchev–Trinajstić information content (AvgIpc) is 2.65. The van der Waals surface area contributed by atoms with Gasteiger partial charge >= 0.3 is 0 Å². The predicted octanol–water partition coefficient (Wildman–Crippen LogP) is 3.63. The third-order valence-electron chi connectivity index (χ3n) is 1.90. The first kappa shape index (κ1) is 9.44. The molecule has 3 heteroatoms. The lowest BCUT2D eigenvalue weighted by Gasteiger charge is -1.97. The highest BCUT2D eigenvalue weighted by molar-refractivity contribution is 7.08. The molecule has 14 heavy (non-hydrogen) atoms. The molecular formula is C11H7ClOS. The first-order valence-electron chi connectivity index (χ1n) is 4.10. The van der Waals surface area contributed by atoms with E-state index in [-0.39, 0.29) is 5.78 Å². The van der Waals surface area contributed by atoms with Crippen molar-refractivity contribution in [2.45, 2.75) is 0 Å². The van der Waals surface area contributed by atoms with Crippen LogP contribution in [-0.4, -0.2) is 5.78 Å². The Bertz CT molecular complexity index is 447. The van der Waals surface area contributed by atoms with E-state index in [1.165, 1.54) is 11.3 Å². The lowest BCUT2D eigenvalue weighted by atomic mass is 10.1. The van der Waals surface area contributed by atoms with Gasteiger partial charge in [0.1, 0.15) is 0 Å². The van der Waals surface area contributed by atoms with Crippen LogP contribution >= 0.6 is 22.9 Å². The zero-order valence-electron chi connectivity index (χ0n) is 7.24. The molecule has 0 radical (unpaired) electrons. The molecule has 1 heterocycles. The van der Waals surface area contributed by atoms with Gasteiger partial charge in [0, 0.05) is 16.3 Å². The molecule has 2 rings (SSSR count). The molecule has 0 saturated carbocycles. The largest absolute Gasteiger partial charge is 0.289 e. The van der Waals surface area contributed by atoms with Gasteiger partial charge in [0.05, 0.1) is 10.6 Å². The van der Waals surface area contributed by atoms with E-state index in [9.17, 15) is 4.79 Å². The van der Waals surface area contributed by atoms with Gasteiger partial charge in [-0.25, -0.2) is 0 Å². The van der Waals surface area contributed by atoms with Crippen molar-refractivity contribution >= 4 is 28.7 Å². The van der Waals surface area contributed by atoms with Gasteiger partial charge in [0.25, 0.3) is 0 Å². The van der Waals surface area contributed by atoms with Crippen molar-refractivity contribution in [3.63, 3.8) is 0 Å². The fourth-order valence-electron chi connectivity index (χ4n) is 1.19. The van der Waals surface area contributed by atoms with Crippen molar-refractivity contribution in [3.05, 3.63) is 57.2 Å². The monoisotopic (exact) mass is 222 g/mol. The third kappa shape index (κ3) is 1.72. The maximum Gasteiger partial charge on any atom is 0.195 e. The lowest BCUT2D eigenvalue weighted by molar-refractivity contribution is 0.103. The van der Waals surface area contributed by atoms with Crippen LogP contribution in [0.3, 0.4) is 0 Å². The van der Waals surface area contributed by atoms with E-state index >= 15 is 0 Å². The second-order valence-corrected chi connectivity index (χ2v) is 3.98. The summed E-state index contributed by atoms with van der Waals surface area (Å²) in [5.74, 6) is -0.0168. The maximum absolute atomic E-state index is 11.9. The number of thiophene rings is 1. The Labute approximate surface area is 91.0 Å². The molecule has 0 atom stereocenters. The SMILES string of the molecule is O=C(c1ccccc1)c1cscc1Cl. The molecule has 0 aliphatic heterocycles. The molecule has 0 unspecified atom stereocenters. The van der Waals surface area contributed by atoms with Crippen molar-refractivity contribution in [1.82, 2.24) is 0 Å².